The molecule has 3 heteroatoms. The third kappa shape index (κ3) is 0.391. The van der Waals surface area contributed by atoms with Crippen LogP contribution in [0, 0.1) is 0 Å². The van der Waals surface area contributed by atoms with Crippen LogP contribution in [0.1, 0.15) is 0 Å². The number of rotatable bonds is 0. The molecule has 1 fully saturated rings. The van der Waals surface area contributed by atoms with Crippen LogP contribution < -0.4 is 5.32 Å². The largest absolute Gasteiger partial charge is 0.282 e. The van der Waals surface area contributed by atoms with Crippen LogP contribution in [0.2, 0.25) is 0 Å². The molecule has 0 saturated carbocycles. The van der Waals surface area contributed by atoms with Crippen molar-refractivity contribution in [3.63, 3.8) is 0 Å². The first-order valence-corrected chi connectivity index (χ1v) is 1.82. The van der Waals surface area contributed by atoms with Crippen LogP contribution in [0.25, 0.3) is 0 Å². The lowest BCUT2D eigenvalue weighted by atomic mass is 10.2. The fourth-order valence-electron chi connectivity index (χ4n) is 0.296. The van der Waals surface area contributed by atoms with Crippen LogP contribution in [-0.2, 0) is 0 Å². The van der Waals surface area contributed by atoms with E-state index >= 15 is 0 Å². The van der Waals surface area contributed by atoms with Crippen molar-refractivity contribution in [1.82, 2.24) is 5.32 Å². The van der Waals surface area contributed by atoms with Crippen molar-refractivity contribution in [3.8, 4) is 0 Å². The molecule has 0 aromatic carbocycles. The molecule has 1 rings (SSSR count). The van der Waals surface area contributed by atoms with Crippen LogP contribution in [0.3, 0.4) is 0 Å². The SMILES string of the molecule is FC1CNC1F. The van der Waals surface area contributed by atoms with Crippen molar-refractivity contribution in [2.45, 2.75) is 12.5 Å². The average Bonchev–Trinajstić information content (AvgIpc) is 1.61. The van der Waals surface area contributed by atoms with Crippen molar-refractivity contribution in [2.75, 3.05) is 6.54 Å². The van der Waals surface area contributed by atoms with E-state index in [1.165, 1.54) is 0 Å². The lowest BCUT2D eigenvalue weighted by Gasteiger charge is -2.23. The van der Waals surface area contributed by atoms with Gasteiger partial charge < -0.3 is 0 Å². The van der Waals surface area contributed by atoms with Gasteiger partial charge >= 0.3 is 0 Å². The van der Waals surface area contributed by atoms with Gasteiger partial charge in [0.25, 0.3) is 0 Å². The molecule has 0 spiro atoms. The Hall–Kier alpha value is -0.180. The van der Waals surface area contributed by atoms with Crippen LogP contribution in [0.5, 0.6) is 0 Å². The van der Waals surface area contributed by atoms with E-state index in [-0.39, 0.29) is 6.54 Å². The van der Waals surface area contributed by atoms with Crippen LogP contribution in [0.15, 0.2) is 0 Å². The van der Waals surface area contributed by atoms with Crippen LogP contribution >= 0.6 is 0 Å². The molecule has 0 aromatic heterocycles. The van der Waals surface area contributed by atoms with Gasteiger partial charge in [-0.3, -0.25) is 5.32 Å². The summed E-state index contributed by atoms with van der Waals surface area (Å²) in [4.78, 5) is 0. The molecule has 0 amide bonds. The first kappa shape index (κ1) is 3.99. The minimum atomic E-state index is -1.38. The molecule has 6 heavy (non-hydrogen) atoms. The van der Waals surface area contributed by atoms with Gasteiger partial charge in [0.15, 0.2) is 12.5 Å². The molecule has 1 heterocycles. The molecule has 1 aliphatic heterocycles. The molecule has 36 valence electrons. The standard InChI is InChI=1S/C3H5F2N/c4-2-1-6-3(2)5/h2-3,6H,1H2. The van der Waals surface area contributed by atoms with Gasteiger partial charge in [0.1, 0.15) is 0 Å². The lowest BCUT2D eigenvalue weighted by Crippen LogP contribution is -2.51. The third-order valence-corrected chi connectivity index (χ3v) is 0.825. The zero-order valence-electron chi connectivity index (χ0n) is 3.12. The van der Waals surface area contributed by atoms with Gasteiger partial charge in [-0.15, -0.1) is 0 Å². The molecular formula is C3H5F2N. The van der Waals surface area contributed by atoms with E-state index in [2.05, 4.69) is 5.32 Å². The minimum Gasteiger partial charge on any atom is -0.282 e. The van der Waals surface area contributed by atoms with Gasteiger partial charge in [-0.2, -0.15) is 0 Å². The number of alkyl halides is 2. The second-order valence-corrected chi connectivity index (χ2v) is 1.33. The average molecular weight is 93.1 g/mol. The summed E-state index contributed by atoms with van der Waals surface area (Å²) in [5, 5.41) is 2.22. The maximum atomic E-state index is 11.5. The molecule has 0 bridgehead atoms. The van der Waals surface area contributed by atoms with Crippen LogP contribution in [-0.4, -0.2) is 19.0 Å². The maximum Gasteiger partial charge on any atom is 0.183 e. The highest BCUT2D eigenvalue weighted by Crippen LogP contribution is 2.07. The van der Waals surface area contributed by atoms with Gasteiger partial charge in [-0.05, 0) is 0 Å². The summed E-state index contributed by atoms with van der Waals surface area (Å²) in [7, 11) is 0. The fraction of sp³-hybridized carbons (Fsp3) is 1.00. The van der Waals surface area contributed by atoms with E-state index in [9.17, 15) is 8.78 Å². The molecule has 1 aliphatic rings. The predicted molar refractivity (Wildman–Crippen MR) is 17.8 cm³/mol. The summed E-state index contributed by atoms with van der Waals surface area (Å²) in [6.07, 6.45) is -2.63. The summed E-state index contributed by atoms with van der Waals surface area (Å²) in [6, 6.07) is 0. The Bertz CT molecular complexity index is 48.8. The summed E-state index contributed by atoms with van der Waals surface area (Å²) in [5.74, 6) is 0. The molecular weight excluding hydrogens is 88.0 g/mol. The molecule has 2 unspecified atom stereocenters. The Labute approximate surface area is 34.3 Å². The van der Waals surface area contributed by atoms with Gasteiger partial charge in [-0.1, -0.05) is 0 Å². The zero-order valence-corrected chi connectivity index (χ0v) is 3.12. The summed E-state index contributed by atoms with van der Waals surface area (Å²) < 4.78 is 22.9. The highest BCUT2D eigenvalue weighted by molar-refractivity contribution is 4.78. The Morgan fingerprint density at radius 2 is 2.00 bits per heavy atom. The van der Waals surface area contributed by atoms with Crippen molar-refractivity contribution in [3.05, 3.63) is 0 Å². The second kappa shape index (κ2) is 1.15. The molecule has 0 aromatic rings. The number of nitrogens with one attached hydrogen (secondary N) is 1. The molecule has 2 atom stereocenters. The van der Waals surface area contributed by atoms with E-state index in [1.54, 1.807) is 0 Å². The first-order valence-electron chi connectivity index (χ1n) is 1.82. The second-order valence-electron chi connectivity index (χ2n) is 1.33. The summed E-state index contributed by atoms with van der Waals surface area (Å²) in [5.41, 5.74) is 0. The Morgan fingerprint density at radius 1 is 1.50 bits per heavy atom. The Morgan fingerprint density at radius 3 is 2.00 bits per heavy atom. The fourth-order valence-corrected chi connectivity index (χ4v) is 0.296. The molecule has 0 aliphatic carbocycles. The molecule has 1 saturated heterocycles. The van der Waals surface area contributed by atoms with Crippen molar-refractivity contribution in [1.29, 1.82) is 0 Å². The number of halogens is 2. The highest BCUT2D eigenvalue weighted by Gasteiger charge is 2.28. The Kier molecular flexibility index (Phi) is 0.765. The van der Waals surface area contributed by atoms with Gasteiger partial charge in [0.2, 0.25) is 0 Å². The number of hydrogen-bond donors (Lipinski definition) is 1. The third-order valence-electron chi connectivity index (χ3n) is 0.825. The van der Waals surface area contributed by atoms with E-state index in [1.807, 2.05) is 0 Å². The van der Waals surface area contributed by atoms with Crippen LogP contribution in [0.4, 0.5) is 8.78 Å². The maximum absolute atomic E-state index is 11.5. The summed E-state index contributed by atoms with van der Waals surface area (Å²) in [6.45, 7) is 0.182. The Balaban J connectivity index is 2.20. The quantitative estimate of drug-likeness (QED) is 0.422. The van der Waals surface area contributed by atoms with E-state index in [0.717, 1.165) is 0 Å². The molecule has 0 radical (unpaired) electrons. The summed E-state index contributed by atoms with van der Waals surface area (Å²) >= 11 is 0. The van der Waals surface area contributed by atoms with E-state index in [0.29, 0.717) is 0 Å². The van der Waals surface area contributed by atoms with Crippen molar-refractivity contribution < 1.29 is 8.78 Å². The lowest BCUT2D eigenvalue weighted by molar-refractivity contribution is 0.0568. The van der Waals surface area contributed by atoms with Gasteiger partial charge in [-0.25, -0.2) is 8.78 Å². The number of hydrogen-bond acceptors (Lipinski definition) is 1. The zero-order chi connectivity index (χ0) is 4.57. The molecule has 1 N–H and O–H groups in total. The smallest absolute Gasteiger partial charge is 0.183 e. The predicted octanol–water partition coefficient (Wildman–Crippen LogP) is 0.223. The monoisotopic (exact) mass is 93.0 g/mol. The van der Waals surface area contributed by atoms with Gasteiger partial charge in [0.05, 0.1) is 0 Å². The van der Waals surface area contributed by atoms with Crippen molar-refractivity contribution in [2.24, 2.45) is 0 Å². The van der Waals surface area contributed by atoms with E-state index in [4.69, 9.17) is 0 Å². The topological polar surface area (TPSA) is 12.0 Å². The first-order chi connectivity index (χ1) is 2.80. The van der Waals surface area contributed by atoms with Crippen molar-refractivity contribution >= 4 is 0 Å². The highest BCUT2D eigenvalue weighted by atomic mass is 19.2. The van der Waals surface area contributed by atoms with Gasteiger partial charge in [0, 0.05) is 6.54 Å². The minimum absolute atomic E-state index is 0.182. The molecule has 1 nitrogen and oxygen atoms in total. The van der Waals surface area contributed by atoms with E-state index < -0.39 is 12.5 Å². The normalized spacial score (nSPS) is 45.0.